The molecule has 0 heterocycles. The summed E-state index contributed by atoms with van der Waals surface area (Å²) in [5.41, 5.74) is 5.88. The number of aliphatic hydroxyl groups is 1. The van der Waals surface area contributed by atoms with Crippen molar-refractivity contribution < 1.29 is 5.11 Å². The summed E-state index contributed by atoms with van der Waals surface area (Å²) >= 11 is 0. The molecule has 0 aromatic heterocycles. The van der Waals surface area contributed by atoms with Crippen molar-refractivity contribution in [1.82, 2.24) is 0 Å². The van der Waals surface area contributed by atoms with Crippen LogP contribution < -0.4 is 5.73 Å². The molecule has 62 valence electrons. The maximum Gasteiger partial charge on any atom is 0.0436 e. The predicted octanol–water partition coefficient (Wildman–Crippen LogP) is 1.13. The molecule has 2 nitrogen and oxygen atoms in total. The fraction of sp³-hybridized carbons (Fsp3) is 1.00. The molecule has 0 radical (unpaired) electrons. The largest absolute Gasteiger partial charge is 0.396 e. The Morgan fingerprint density at radius 2 is 2.10 bits per heavy atom. The van der Waals surface area contributed by atoms with E-state index in [9.17, 15) is 0 Å². The summed E-state index contributed by atoms with van der Waals surface area (Å²) in [7, 11) is 0. The van der Waals surface area contributed by atoms with Gasteiger partial charge >= 0.3 is 0 Å². The lowest BCUT2D eigenvalue weighted by Crippen LogP contribution is -2.37. The molecular weight excluding hydrogens is 126 g/mol. The lowest BCUT2D eigenvalue weighted by Gasteiger charge is -2.31. The summed E-state index contributed by atoms with van der Waals surface area (Å²) in [4.78, 5) is 0. The molecule has 0 saturated heterocycles. The van der Waals surface area contributed by atoms with Gasteiger partial charge in [-0.1, -0.05) is 13.8 Å². The van der Waals surface area contributed by atoms with E-state index in [4.69, 9.17) is 10.8 Å². The van der Waals surface area contributed by atoms with E-state index in [2.05, 4.69) is 13.8 Å². The van der Waals surface area contributed by atoms with Gasteiger partial charge in [0.25, 0.3) is 0 Å². The molecule has 0 aromatic rings. The molecular formula is C8H19NO. The van der Waals surface area contributed by atoms with Crippen molar-refractivity contribution in [3.63, 3.8) is 0 Å². The highest BCUT2D eigenvalue weighted by Crippen LogP contribution is 2.27. The molecule has 0 aliphatic heterocycles. The zero-order valence-corrected chi connectivity index (χ0v) is 7.22. The third-order valence-corrected chi connectivity index (χ3v) is 2.59. The number of hydrogen-bond acceptors (Lipinski definition) is 2. The summed E-state index contributed by atoms with van der Waals surface area (Å²) in [6.45, 7) is 6.47. The monoisotopic (exact) mass is 145 g/mol. The van der Waals surface area contributed by atoms with Crippen LogP contribution in [0.4, 0.5) is 0 Å². The topological polar surface area (TPSA) is 46.2 Å². The van der Waals surface area contributed by atoms with Gasteiger partial charge in [-0.3, -0.25) is 0 Å². The van der Waals surface area contributed by atoms with Crippen molar-refractivity contribution in [3.8, 4) is 0 Å². The molecule has 0 aliphatic rings. The average Bonchev–Trinajstić information content (AvgIpc) is 1.88. The van der Waals surface area contributed by atoms with Crippen molar-refractivity contribution in [2.24, 2.45) is 11.1 Å². The summed E-state index contributed by atoms with van der Waals surface area (Å²) in [6, 6.07) is 0.171. The van der Waals surface area contributed by atoms with Gasteiger partial charge in [0, 0.05) is 12.6 Å². The number of nitrogens with two attached hydrogens (primary N) is 1. The number of aliphatic hydroxyl groups excluding tert-OH is 1. The van der Waals surface area contributed by atoms with Crippen LogP contribution in [0.5, 0.6) is 0 Å². The van der Waals surface area contributed by atoms with Crippen LogP contribution in [0.25, 0.3) is 0 Å². The molecule has 0 amide bonds. The van der Waals surface area contributed by atoms with E-state index < -0.39 is 0 Å². The smallest absolute Gasteiger partial charge is 0.0436 e. The van der Waals surface area contributed by atoms with Crippen molar-refractivity contribution in [1.29, 1.82) is 0 Å². The van der Waals surface area contributed by atoms with Crippen LogP contribution in [0.3, 0.4) is 0 Å². The summed E-state index contributed by atoms with van der Waals surface area (Å²) in [6.07, 6.45) is 1.84. The maximum atomic E-state index is 8.73. The highest BCUT2D eigenvalue weighted by atomic mass is 16.3. The van der Waals surface area contributed by atoms with E-state index in [1.54, 1.807) is 0 Å². The highest BCUT2D eigenvalue weighted by Gasteiger charge is 2.25. The molecule has 2 atom stereocenters. The second-order valence-electron chi connectivity index (χ2n) is 3.27. The van der Waals surface area contributed by atoms with Gasteiger partial charge in [0.2, 0.25) is 0 Å². The minimum absolute atomic E-state index is 0.120. The number of rotatable bonds is 4. The quantitative estimate of drug-likeness (QED) is 0.623. The van der Waals surface area contributed by atoms with Gasteiger partial charge in [-0.2, -0.15) is 0 Å². The predicted molar refractivity (Wildman–Crippen MR) is 43.8 cm³/mol. The fourth-order valence-corrected chi connectivity index (χ4v) is 0.982. The summed E-state index contributed by atoms with van der Waals surface area (Å²) in [5.74, 6) is 0. The SMILES string of the molecule is CCC(C)(CCO)C(C)N. The Morgan fingerprint density at radius 3 is 2.20 bits per heavy atom. The molecule has 2 unspecified atom stereocenters. The molecule has 0 aliphatic carbocycles. The summed E-state index contributed by atoms with van der Waals surface area (Å²) < 4.78 is 0. The van der Waals surface area contributed by atoms with Crippen LogP contribution in [0.1, 0.15) is 33.6 Å². The first-order valence-corrected chi connectivity index (χ1v) is 3.93. The third-order valence-electron chi connectivity index (χ3n) is 2.59. The second-order valence-corrected chi connectivity index (χ2v) is 3.27. The molecule has 0 rings (SSSR count). The van der Waals surface area contributed by atoms with E-state index in [0.717, 1.165) is 12.8 Å². The van der Waals surface area contributed by atoms with E-state index in [0.29, 0.717) is 0 Å². The Morgan fingerprint density at radius 1 is 1.60 bits per heavy atom. The van der Waals surface area contributed by atoms with Gasteiger partial charge in [-0.05, 0) is 25.2 Å². The summed E-state index contributed by atoms with van der Waals surface area (Å²) in [5, 5.41) is 8.73. The molecule has 0 saturated carbocycles. The van der Waals surface area contributed by atoms with Crippen molar-refractivity contribution >= 4 is 0 Å². The Bertz CT molecular complexity index is 93.3. The van der Waals surface area contributed by atoms with Gasteiger partial charge in [0.05, 0.1) is 0 Å². The minimum Gasteiger partial charge on any atom is -0.396 e. The first kappa shape index (κ1) is 9.92. The van der Waals surface area contributed by atoms with Crippen LogP contribution in [0.15, 0.2) is 0 Å². The molecule has 0 bridgehead atoms. The first-order chi connectivity index (χ1) is 4.56. The van der Waals surface area contributed by atoms with Crippen LogP contribution in [-0.2, 0) is 0 Å². The molecule has 10 heavy (non-hydrogen) atoms. The van der Waals surface area contributed by atoms with Crippen LogP contribution in [0.2, 0.25) is 0 Å². The van der Waals surface area contributed by atoms with Gasteiger partial charge < -0.3 is 10.8 Å². The van der Waals surface area contributed by atoms with E-state index >= 15 is 0 Å². The Labute approximate surface area is 63.4 Å². The van der Waals surface area contributed by atoms with E-state index in [1.165, 1.54) is 0 Å². The van der Waals surface area contributed by atoms with Gasteiger partial charge in [0.1, 0.15) is 0 Å². The Balaban J connectivity index is 3.94. The van der Waals surface area contributed by atoms with Crippen molar-refractivity contribution in [3.05, 3.63) is 0 Å². The minimum atomic E-state index is 0.120. The zero-order chi connectivity index (χ0) is 8.20. The van der Waals surface area contributed by atoms with Crippen LogP contribution in [0, 0.1) is 5.41 Å². The zero-order valence-electron chi connectivity index (χ0n) is 7.22. The third kappa shape index (κ3) is 2.27. The van der Waals surface area contributed by atoms with Gasteiger partial charge in [0.15, 0.2) is 0 Å². The first-order valence-electron chi connectivity index (χ1n) is 3.93. The second kappa shape index (κ2) is 3.94. The Kier molecular flexibility index (Phi) is 3.91. The molecule has 2 heteroatoms. The molecule has 0 aromatic carbocycles. The highest BCUT2D eigenvalue weighted by molar-refractivity contribution is 4.80. The number of hydrogen-bond donors (Lipinski definition) is 2. The van der Waals surface area contributed by atoms with E-state index in [1.807, 2.05) is 6.92 Å². The Hall–Kier alpha value is -0.0800. The average molecular weight is 145 g/mol. The van der Waals surface area contributed by atoms with Crippen molar-refractivity contribution in [2.45, 2.75) is 39.7 Å². The van der Waals surface area contributed by atoms with E-state index in [-0.39, 0.29) is 18.1 Å². The lowest BCUT2D eigenvalue weighted by atomic mass is 9.78. The lowest BCUT2D eigenvalue weighted by molar-refractivity contribution is 0.167. The molecule has 3 N–H and O–H groups in total. The molecule has 0 fully saturated rings. The normalized spacial score (nSPS) is 20.1. The van der Waals surface area contributed by atoms with Gasteiger partial charge in [-0.15, -0.1) is 0 Å². The fourth-order valence-electron chi connectivity index (χ4n) is 0.982. The van der Waals surface area contributed by atoms with Crippen LogP contribution >= 0.6 is 0 Å². The maximum absolute atomic E-state index is 8.73. The van der Waals surface area contributed by atoms with Crippen LogP contribution in [-0.4, -0.2) is 17.8 Å². The standard InChI is InChI=1S/C8H19NO/c1-4-8(3,5-6-10)7(2)9/h7,10H,4-6,9H2,1-3H3. The van der Waals surface area contributed by atoms with Gasteiger partial charge in [-0.25, -0.2) is 0 Å². The molecule has 0 spiro atoms. The van der Waals surface area contributed by atoms with Crippen molar-refractivity contribution in [2.75, 3.05) is 6.61 Å².